The van der Waals surface area contributed by atoms with Gasteiger partial charge in [0.25, 0.3) is 0 Å². The number of carbonyl (C=O) groups is 3. The number of benzene rings is 2. The molecule has 1 saturated heterocycles. The Labute approximate surface area is 203 Å². The molecule has 7 nitrogen and oxygen atoms in total. The van der Waals surface area contributed by atoms with Gasteiger partial charge in [-0.3, -0.25) is 9.59 Å². The van der Waals surface area contributed by atoms with Crippen molar-refractivity contribution in [1.82, 2.24) is 10.2 Å². The molecule has 1 aliphatic carbocycles. The van der Waals surface area contributed by atoms with Crippen molar-refractivity contribution >= 4 is 29.7 Å². The Morgan fingerprint density at radius 2 is 1.76 bits per heavy atom. The second-order valence-electron chi connectivity index (χ2n) is 9.18. The van der Waals surface area contributed by atoms with Gasteiger partial charge in [-0.2, -0.15) is 11.8 Å². The fourth-order valence-electron chi connectivity index (χ4n) is 4.82. The van der Waals surface area contributed by atoms with E-state index in [9.17, 15) is 19.5 Å². The molecule has 8 heteroatoms. The first-order chi connectivity index (χ1) is 16.3. The molecule has 0 bridgehead atoms. The van der Waals surface area contributed by atoms with E-state index in [0.29, 0.717) is 25.1 Å². The fraction of sp³-hybridized carbons (Fsp3) is 0.423. The summed E-state index contributed by atoms with van der Waals surface area (Å²) in [6.07, 6.45) is 2.15. The summed E-state index contributed by atoms with van der Waals surface area (Å²) in [5.41, 5.74) is 3.59. The number of rotatable bonds is 8. The van der Waals surface area contributed by atoms with Gasteiger partial charge in [0.15, 0.2) is 0 Å². The monoisotopic (exact) mass is 482 g/mol. The Bertz CT molecular complexity index is 1040. The lowest BCUT2D eigenvalue weighted by molar-refractivity contribution is -0.147. The Balaban J connectivity index is 1.41. The topological polar surface area (TPSA) is 95.9 Å². The van der Waals surface area contributed by atoms with Gasteiger partial charge < -0.3 is 20.1 Å². The van der Waals surface area contributed by atoms with Crippen molar-refractivity contribution in [2.24, 2.45) is 5.41 Å². The van der Waals surface area contributed by atoms with Crippen LogP contribution in [0.15, 0.2) is 48.5 Å². The maximum atomic E-state index is 13.1. The number of carboxylic acids is 1. The molecule has 180 valence electrons. The van der Waals surface area contributed by atoms with Crippen LogP contribution in [-0.2, 0) is 14.3 Å². The normalized spacial score (nSPS) is 19.9. The number of ether oxygens (including phenoxy) is 1. The Kier molecular flexibility index (Phi) is 7.16. The summed E-state index contributed by atoms with van der Waals surface area (Å²) in [5, 5.41) is 12.2. The van der Waals surface area contributed by atoms with E-state index in [4.69, 9.17) is 4.74 Å². The Hall–Kier alpha value is -3.00. The zero-order valence-electron chi connectivity index (χ0n) is 19.5. The fourth-order valence-corrected chi connectivity index (χ4v) is 5.29. The largest absolute Gasteiger partial charge is 0.481 e. The van der Waals surface area contributed by atoms with E-state index in [2.05, 4.69) is 29.6 Å². The number of hydrogen-bond donors (Lipinski definition) is 2. The van der Waals surface area contributed by atoms with E-state index < -0.39 is 23.5 Å². The molecule has 2 aromatic rings. The summed E-state index contributed by atoms with van der Waals surface area (Å²) >= 11 is 1.58. The maximum absolute atomic E-state index is 13.1. The van der Waals surface area contributed by atoms with Gasteiger partial charge in [-0.05, 0) is 54.0 Å². The number of hydrogen-bond acceptors (Lipinski definition) is 5. The molecule has 2 aliphatic rings. The molecule has 1 fully saturated rings. The van der Waals surface area contributed by atoms with Crippen LogP contribution in [0.1, 0.15) is 36.8 Å². The highest BCUT2D eigenvalue weighted by Crippen LogP contribution is 2.44. The standard InChI is InChI=1S/C26H30N2O5S/c1-26(24(30)31)12-13-28(16-26)23(29)22(11-14-34-2)27-25(32)33-15-21-19-9-5-3-7-17(19)18-8-4-6-10-20(18)21/h3-10,21-22H,11-16H2,1-2H3,(H,27,32)(H,30,31)/t22-,26?/m0/s1. The maximum Gasteiger partial charge on any atom is 0.407 e. The average molecular weight is 483 g/mol. The molecular weight excluding hydrogens is 452 g/mol. The van der Waals surface area contributed by atoms with Crippen molar-refractivity contribution < 1.29 is 24.2 Å². The number of aliphatic carboxylic acids is 1. The third-order valence-corrected chi connectivity index (χ3v) is 7.49. The van der Waals surface area contributed by atoms with Gasteiger partial charge in [0.1, 0.15) is 12.6 Å². The molecule has 1 aliphatic heterocycles. The predicted molar refractivity (Wildman–Crippen MR) is 132 cm³/mol. The summed E-state index contributed by atoms with van der Waals surface area (Å²) in [5.74, 6) is -0.543. The molecule has 2 atom stereocenters. The van der Waals surface area contributed by atoms with Gasteiger partial charge in [0.05, 0.1) is 5.41 Å². The van der Waals surface area contributed by atoms with Crippen molar-refractivity contribution in [2.75, 3.05) is 31.7 Å². The molecule has 0 radical (unpaired) electrons. The molecule has 4 rings (SSSR count). The minimum Gasteiger partial charge on any atom is -0.481 e. The highest BCUT2D eigenvalue weighted by molar-refractivity contribution is 7.98. The number of carboxylic acid groups (broad SMARTS) is 1. The lowest BCUT2D eigenvalue weighted by Gasteiger charge is -2.25. The van der Waals surface area contributed by atoms with Crippen molar-refractivity contribution in [3.05, 3.63) is 59.7 Å². The lowest BCUT2D eigenvalue weighted by Crippen LogP contribution is -2.49. The minimum atomic E-state index is -0.955. The molecule has 1 heterocycles. The van der Waals surface area contributed by atoms with Crippen LogP contribution in [0, 0.1) is 5.41 Å². The van der Waals surface area contributed by atoms with Crippen LogP contribution in [0.2, 0.25) is 0 Å². The van der Waals surface area contributed by atoms with E-state index in [1.165, 1.54) is 0 Å². The van der Waals surface area contributed by atoms with E-state index in [0.717, 1.165) is 22.3 Å². The van der Waals surface area contributed by atoms with Crippen LogP contribution < -0.4 is 5.32 Å². The Morgan fingerprint density at radius 3 is 2.32 bits per heavy atom. The van der Waals surface area contributed by atoms with Crippen LogP contribution in [-0.4, -0.2) is 65.7 Å². The van der Waals surface area contributed by atoms with Gasteiger partial charge in [-0.25, -0.2) is 4.79 Å². The summed E-state index contributed by atoms with van der Waals surface area (Å²) in [4.78, 5) is 39.0. The van der Waals surface area contributed by atoms with Gasteiger partial charge in [-0.1, -0.05) is 48.5 Å². The summed E-state index contributed by atoms with van der Waals surface area (Å²) in [6, 6.07) is 15.5. The second kappa shape index (κ2) is 10.1. The van der Waals surface area contributed by atoms with E-state index in [1.807, 2.05) is 30.5 Å². The number of fused-ring (bicyclic) bond motifs is 3. The molecule has 34 heavy (non-hydrogen) atoms. The third kappa shape index (κ3) is 4.78. The number of carbonyl (C=O) groups excluding carboxylic acids is 2. The van der Waals surface area contributed by atoms with Gasteiger partial charge in [-0.15, -0.1) is 0 Å². The van der Waals surface area contributed by atoms with Gasteiger partial charge in [0.2, 0.25) is 5.91 Å². The van der Waals surface area contributed by atoms with Crippen LogP contribution in [0.25, 0.3) is 11.1 Å². The molecule has 0 spiro atoms. The van der Waals surface area contributed by atoms with Crippen LogP contribution in [0.3, 0.4) is 0 Å². The minimum absolute atomic E-state index is 0.0617. The van der Waals surface area contributed by atoms with Gasteiger partial charge >= 0.3 is 12.1 Å². The first-order valence-corrected chi connectivity index (χ1v) is 12.9. The van der Waals surface area contributed by atoms with Crippen molar-refractivity contribution in [3.8, 4) is 11.1 Å². The quantitative estimate of drug-likeness (QED) is 0.591. The first kappa shape index (κ1) is 24.1. The Morgan fingerprint density at radius 1 is 1.15 bits per heavy atom. The summed E-state index contributed by atoms with van der Waals surface area (Å²) in [7, 11) is 0. The number of nitrogens with zero attached hydrogens (tertiary/aromatic N) is 1. The van der Waals surface area contributed by atoms with Crippen molar-refractivity contribution in [1.29, 1.82) is 0 Å². The third-order valence-electron chi connectivity index (χ3n) is 6.85. The second-order valence-corrected chi connectivity index (χ2v) is 10.2. The SMILES string of the molecule is CSCC[C@H](NC(=O)OCC1c2ccccc2-c2ccccc21)C(=O)N1CCC(C)(C(=O)O)C1. The zero-order chi connectivity index (χ0) is 24.3. The molecule has 2 N–H and O–H groups in total. The number of alkyl carbamates (subject to hydrolysis) is 1. The van der Waals surface area contributed by atoms with Gasteiger partial charge in [0, 0.05) is 19.0 Å². The number of likely N-dealkylation sites (tertiary alicyclic amines) is 1. The van der Waals surface area contributed by atoms with E-state index in [-0.39, 0.29) is 25.0 Å². The first-order valence-electron chi connectivity index (χ1n) is 11.5. The molecule has 0 saturated carbocycles. The molecular formula is C26H30N2O5S. The summed E-state index contributed by atoms with van der Waals surface area (Å²) in [6.45, 7) is 2.33. The van der Waals surface area contributed by atoms with Crippen molar-refractivity contribution in [2.45, 2.75) is 31.7 Å². The van der Waals surface area contributed by atoms with Crippen LogP contribution >= 0.6 is 11.8 Å². The molecule has 0 aromatic heterocycles. The van der Waals surface area contributed by atoms with E-state index >= 15 is 0 Å². The average Bonchev–Trinajstić information content (AvgIpc) is 3.39. The molecule has 2 aromatic carbocycles. The smallest absolute Gasteiger partial charge is 0.407 e. The van der Waals surface area contributed by atoms with Crippen LogP contribution in [0.5, 0.6) is 0 Å². The summed E-state index contributed by atoms with van der Waals surface area (Å²) < 4.78 is 5.62. The van der Waals surface area contributed by atoms with E-state index in [1.54, 1.807) is 23.6 Å². The highest BCUT2D eigenvalue weighted by Gasteiger charge is 2.43. The van der Waals surface area contributed by atoms with Crippen LogP contribution in [0.4, 0.5) is 4.79 Å². The number of amides is 2. The highest BCUT2D eigenvalue weighted by atomic mass is 32.2. The van der Waals surface area contributed by atoms with Crippen molar-refractivity contribution in [3.63, 3.8) is 0 Å². The molecule has 1 unspecified atom stereocenters. The zero-order valence-corrected chi connectivity index (χ0v) is 20.3. The number of nitrogens with one attached hydrogen (secondary N) is 1. The predicted octanol–water partition coefficient (Wildman–Crippen LogP) is 3.97. The molecule has 2 amide bonds. The lowest BCUT2D eigenvalue weighted by atomic mass is 9.90. The number of thioether (sulfide) groups is 1.